The van der Waals surface area contributed by atoms with Crippen molar-refractivity contribution in [2.24, 2.45) is 0 Å². The molecule has 1 aliphatic heterocycles. The van der Waals surface area contributed by atoms with E-state index in [4.69, 9.17) is 0 Å². The van der Waals surface area contributed by atoms with Crippen molar-refractivity contribution in [2.45, 2.75) is 39.8 Å². The maximum atomic E-state index is 9.35. The standard InChI is InChI=1S/C16H24N2O/c1-12(2)15-16(3,4)18(11-17(15)5)10-13-6-8-14(19)9-7-13/h6-9,19H,10-11H2,1-5H3. The summed E-state index contributed by atoms with van der Waals surface area (Å²) in [4.78, 5) is 4.79. The van der Waals surface area contributed by atoms with Gasteiger partial charge in [-0.2, -0.15) is 0 Å². The Hall–Kier alpha value is -1.48. The molecule has 1 aliphatic rings. The summed E-state index contributed by atoms with van der Waals surface area (Å²) in [5.74, 6) is 0.325. The van der Waals surface area contributed by atoms with Gasteiger partial charge in [0.1, 0.15) is 5.75 Å². The number of hydrogen-bond acceptors (Lipinski definition) is 3. The third-order valence-electron chi connectivity index (χ3n) is 3.92. The number of nitrogens with zero attached hydrogens (tertiary/aromatic N) is 2. The fourth-order valence-corrected chi connectivity index (χ4v) is 3.18. The van der Waals surface area contributed by atoms with E-state index in [1.807, 2.05) is 12.1 Å². The molecule has 0 radical (unpaired) electrons. The van der Waals surface area contributed by atoms with Crippen LogP contribution in [0, 0.1) is 0 Å². The van der Waals surface area contributed by atoms with E-state index in [2.05, 4.69) is 44.5 Å². The highest BCUT2D eigenvalue weighted by Crippen LogP contribution is 2.36. The van der Waals surface area contributed by atoms with Crippen LogP contribution in [-0.2, 0) is 6.54 Å². The van der Waals surface area contributed by atoms with Crippen LogP contribution in [0.4, 0.5) is 0 Å². The molecule has 1 aromatic rings. The molecular formula is C16H24N2O. The summed E-state index contributed by atoms with van der Waals surface area (Å²) in [5, 5.41) is 9.35. The van der Waals surface area contributed by atoms with Crippen molar-refractivity contribution in [2.75, 3.05) is 13.7 Å². The average molecular weight is 260 g/mol. The molecule has 0 unspecified atom stereocenters. The summed E-state index contributed by atoms with van der Waals surface area (Å²) in [5.41, 5.74) is 4.06. The maximum Gasteiger partial charge on any atom is 0.115 e. The number of aromatic hydroxyl groups is 1. The van der Waals surface area contributed by atoms with Gasteiger partial charge in [-0.3, -0.25) is 4.90 Å². The maximum absolute atomic E-state index is 9.35. The first-order valence-electron chi connectivity index (χ1n) is 6.74. The van der Waals surface area contributed by atoms with Crippen LogP contribution in [-0.4, -0.2) is 34.2 Å². The normalized spacial score (nSPS) is 19.0. The van der Waals surface area contributed by atoms with Crippen LogP contribution < -0.4 is 0 Å². The minimum atomic E-state index is 0.0471. The summed E-state index contributed by atoms with van der Waals surface area (Å²) >= 11 is 0. The molecule has 0 saturated carbocycles. The third-order valence-corrected chi connectivity index (χ3v) is 3.92. The van der Waals surface area contributed by atoms with Crippen molar-refractivity contribution in [3.8, 4) is 5.75 Å². The second-order valence-corrected chi connectivity index (χ2v) is 6.11. The number of phenols is 1. The molecule has 3 heteroatoms. The predicted octanol–water partition coefficient (Wildman–Crippen LogP) is 3.17. The molecule has 0 amide bonds. The van der Waals surface area contributed by atoms with E-state index in [9.17, 15) is 5.11 Å². The van der Waals surface area contributed by atoms with Gasteiger partial charge in [-0.1, -0.05) is 17.7 Å². The Kier molecular flexibility index (Phi) is 3.59. The lowest BCUT2D eigenvalue weighted by Crippen LogP contribution is -2.38. The second kappa shape index (κ2) is 4.89. The minimum Gasteiger partial charge on any atom is -0.508 e. The highest BCUT2D eigenvalue weighted by Gasteiger charge is 2.40. The van der Waals surface area contributed by atoms with E-state index in [0.29, 0.717) is 5.75 Å². The molecule has 1 fully saturated rings. The molecule has 0 aromatic heterocycles. The zero-order chi connectivity index (χ0) is 14.2. The molecule has 0 spiro atoms. The quantitative estimate of drug-likeness (QED) is 0.884. The van der Waals surface area contributed by atoms with Crippen LogP contribution in [0.5, 0.6) is 5.75 Å². The minimum absolute atomic E-state index is 0.0471. The Morgan fingerprint density at radius 1 is 1.21 bits per heavy atom. The predicted molar refractivity (Wildman–Crippen MR) is 78.7 cm³/mol. The van der Waals surface area contributed by atoms with E-state index >= 15 is 0 Å². The lowest BCUT2D eigenvalue weighted by Gasteiger charge is -2.31. The van der Waals surface area contributed by atoms with E-state index in [1.165, 1.54) is 16.8 Å². The van der Waals surface area contributed by atoms with Crippen LogP contribution in [0.25, 0.3) is 0 Å². The summed E-state index contributed by atoms with van der Waals surface area (Å²) in [6.07, 6.45) is 0. The first kappa shape index (κ1) is 13.9. The SMILES string of the molecule is CC(C)=C1N(C)CN(Cc2ccc(O)cc2)C1(C)C. The lowest BCUT2D eigenvalue weighted by atomic mass is 9.96. The van der Waals surface area contributed by atoms with Crippen molar-refractivity contribution >= 4 is 0 Å². The first-order chi connectivity index (χ1) is 8.82. The average Bonchev–Trinajstić information content (AvgIpc) is 2.51. The fourth-order valence-electron chi connectivity index (χ4n) is 3.18. The van der Waals surface area contributed by atoms with Crippen LogP contribution in [0.15, 0.2) is 35.5 Å². The topological polar surface area (TPSA) is 26.7 Å². The Morgan fingerprint density at radius 2 is 1.79 bits per heavy atom. The molecule has 1 N–H and O–H groups in total. The van der Waals surface area contributed by atoms with Gasteiger partial charge in [0, 0.05) is 19.3 Å². The van der Waals surface area contributed by atoms with Gasteiger partial charge in [0.2, 0.25) is 0 Å². The van der Waals surface area contributed by atoms with Gasteiger partial charge in [-0.15, -0.1) is 0 Å². The summed E-state index contributed by atoms with van der Waals surface area (Å²) in [6.45, 7) is 10.7. The van der Waals surface area contributed by atoms with E-state index in [-0.39, 0.29) is 5.54 Å². The van der Waals surface area contributed by atoms with Crippen molar-refractivity contribution in [3.63, 3.8) is 0 Å². The molecule has 1 heterocycles. The molecule has 1 aromatic carbocycles. The van der Waals surface area contributed by atoms with Crippen molar-refractivity contribution < 1.29 is 5.11 Å². The lowest BCUT2D eigenvalue weighted by molar-refractivity contribution is 0.173. The zero-order valence-electron chi connectivity index (χ0n) is 12.6. The zero-order valence-corrected chi connectivity index (χ0v) is 12.6. The highest BCUT2D eigenvalue weighted by atomic mass is 16.3. The third kappa shape index (κ3) is 2.61. The van der Waals surface area contributed by atoms with Crippen molar-refractivity contribution in [3.05, 3.63) is 41.1 Å². The summed E-state index contributed by atoms with van der Waals surface area (Å²) < 4.78 is 0. The highest BCUT2D eigenvalue weighted by molar-refractivity contribution is 5.29. The molecule has 19 heavy (non-hydrogen) atoms. The number of allylic oxidation sites excluding steroid dienone is 1. The van der Waals surface area contributed by atoms with Crippen LogP contribution in [0.1, 0.15) is 33.3 Å². The van der Waals surface area contributed by atoms with Crippen LogP contribution >= 0.6 is 0 Å². The fraction of sp³-hybridized carbons (Fsp3) is 0.500. The van der Waals surface area contributed by atoms with Gasteiger partial charge in [-0.05, 0) is 45.4 Å². The van der Waals surface area contributed by atoms with Gasteiger partial charge in [0.25, 0.3) is 0 Å². The van der Waals surface area contributed by atoms with Gasteiger partial charge in [0.15, 0.2) is 0 Å². The Bertz CT molecular complexity index is 484. The molecule has 1 saturated heterocycles. The summed E-state index contributed by atoms with van der Waals surface area (Å²) in [7, 11) is 2.15. The number of rotatable bonds is 2. The molecule has 104 valence electrons. The van der Waals surface area contributed by atoms with Crippen molar-refractivity contribution in [1.82, 2.24) is 9.80 Å². The molecule has 0 atom stereocenters. The molecule has 3 nitrogen and oxygen atoms in total. The van der Waals surface area contributed by atoms with Crippen LogP contribution in [0.2, 0.25) is 0 Å². The Labute approximate surface area is 116 Å². The Balaban J connectivity index is 2.23. The number of hydrogen-bond donors (Lipinski definition) is 1. The molecule has 2 rings (SSSR count). The molecule has 0 aliphatic carbocycles. The number of benzene rings is 1. The first-order valence-corrected chi connectivity index (χ1v) is 6.74. The van der Waals surface area contributed by atoms with E-state index in [0.717, 1.165) is 13.2 Å². The second-order valence-electron chi connectivity index (χ2n) is 6.11. The summed E-state index contributed by atoms with van der Waals surface area (Å²) in [6, 6.07) is 7.49. The smallest absolute Gasteiger partial charge is 0.115 e. The van der Waals surface area contributed by atoms with Gasteiger partial charge in [-0.25, -0.2) is 0 Å². The van der Waals surface area contributed by atoms with Gasteiger partial charge in [0.05, 0.1) is 12.2 Å². The van der Waals surface area contributed by atoms with Gasteiger partial charge < -0.3 is 10.0 Å². The molecule has 0 bridgehead atoms. The largest absolute Gasteiger partial charge is 0.508 e. The van der Waals surface area contributed by atoms with Crippen molar-refractivity contribution in [1.29, 1.82) is 0 Å². The Morgan fingerprint density at radius 3 is 2.26 bits per heavy atom. The monoisotopic (exact) mass is 260 g/mol. The van der Waals surface area contributed by atoms with Gasteiger partial charge >= 0.3 is 0 Å². The number of likely N-dealkylation sites (N-methyl/N-ethyl adjacent to an activating group) is 1. The van der Waals surface area contributed by atoms with Crippen LogP contribution in [0.3, 0.4) is 0 Å². The van der Waals surface area contributed by atoms with E-state index < -0.39 is 0 Å². The van der Waals surface area contributed by atoms with E-state index in [1.54, 1.807) is 12.1 Å². The molecular weight excluding hydrogens is 236 g/mol. The number of phenolic OH excluding ortho intramolecular Hbond substituents is 1.